The molecule has 1 aliphatic rings. The van der Waals surface area contributed by atoms with Gasteiger partial charge in [0, 0.05) is 32.4 Å². The van der Waals surface area contributed by atoms with Gasteiger partial charge in [0.1, 0.15) is 11.6 Å². The number of benzene rings is 1. The molecule has 1 fully saturated rings. The van der Waals surface area contributed by atoms with Crippen molar-refractivity contribution >= 4 is 22.7 Å². The van der Waals surface area contributed by atoms with Gasteiger partial charge < -0.3 is 14.6 Å². The molecule has 1 aromatic carbocycles. The number of ether oxygens (including phenoxy) is 1. The van der Waals surface area contributed by atoms with Gasteiger partial charge in [0.25, 0.3) is 5.56 Å². The minimum absolute atomic E-state index is 0.0991. The predicted octanol–water partition coefficient (Wildman–Crippen LogP) is 2.21. The molecule has 1 aliphatic heterocycles. The first-order chi connectivity index (χ1) is 14.6. The zero-order valence-corrected chi connectivity index (χ0v) is 17.0. The SMILES string of the molecule is CCOC(=O)c1ccc(N2CCCN(Cc3nc4ccccc4c(=O)[nH]3)CC2)nc1. The quantitative estimate of drug-likeness (QED) is 0.649. The molecule has 3 heterocycles. The summed E-state index contributed by atoms with van der Waals surface area (Å²) in [7, 11) is 0. The number of H-pyrrole nitrogens is 1. The Bertz CT molecular complexity index is 1080. The Balaban J connectivity index is 1.41. The Morgan fingerprint density at radius 1 is 1.13 bits per heavy atom. The molecule has 0 atom stereocenters. The monoisotopic (exact) mass is 407 g/mol. The number of carbonyl (C=O) groups is 1. The average molecular weight is 407 g/mol. The third-order valence-electron chi connectivity index (χ3n) is 5.21. The van der Waals surface area contributed by atoms with E-state index in [9.17, 15) is 9.59 Å². The number of pyridine rings is 1. The summed E-state index contributed by atoms with van der Waals surface area (Å²) in [6.45, 7) is 6.16. The fourth-order valence-corrected chi connectivity index (χ4v) is 3.69. The van der Waals surface area contributed by atoms with Crippen molar-refractivity contribution in [3.8, 4) is 0 Å². The van der Waals surface area contributed by atoms with Crippen LogP contribution >= 0.6 is 0 Å². The number of anilines is 1. The smallest absolute Gasteiger partial charge is 0.339 e. The van der Waals surface area contributed by atoms with Crippen LogP contribution in [-0.2, 0) is 11.3 Å². The second kappa shape index (κ2) is 9.04. The topological polar surface area (TPSA) is 91.4 Å². The molecule has 156 valence electrons. The Kier molecular flexibility index (Phi) is 6.04. The van der Waals surface area contributed by atoms with Crippen molar-refractivity contribution in [2.24, 2.45) is 0 Å². The molecule has 0 bridgehead atoms. The van der Waals surface area contributed by atoms with Crippen LogP contribution in [0.4, 0.5) is 5.82 Å². The summed E-state index contributed by atoms with van der Waals surface area (Å²) in [5, 5.41) is 0.612. The maximum absolute atomic E-state index is 12.3. The summed E-state index contributed by atoms with van der Waals surface area (Å²) in [6.07, 6.45) is 2.54. The zero-order chi connectivity index (χ0) is 20.9. The van der Waals surface area contributed by atoms with Crippen LogP contribution in [0.3, 0.4) is 0 Å². The second-order valence-corrected chi connectivity index (χ2v) is 7.27. The van der Waals surface area contributed by atoms with Crippen molar-refractivity contribution in [2.75, 3.05) is 37.7 Å². The Labute approximate surface area is 174 Å². The lowest BCUT2D eigenvalue weighted by molar-refractivity contribution is 0.0526. The predicted molar refractivity (Wildman–Crippen MR) is 115 cm³/mol. The van der Waals surface area contributed by atoms with Gasteiger partial charge in [-0.1, -0.05) is 12.1 Å². The van der Waals surface area contributed by atoms with Gasteiger partial charge in [-0.3, -0.25) is 9.69 Å². The van der Waals surface area contributed by atoms with Gasteiger partial charge in [-0.25, -0.2) is 14.8 Å². The van der Waals surface area contributed by atoms with Gasteiger partial charge >= 0.3 is 5.97 Å². The lowest BCUT2D eigenvalue weighted by atomic mass is 10.2. The van der Waals surface area contributed by atoms with Crippen LogP contribution in [0, 0.1) is 0 Å². The number of hydrogen-bond donors (Lipinski definition) is 1. The van der Waals surface area contributed by atoms with Crippen molar-refractivity contribution in [3.63, 3.8) is 0 Å². The van der Waals surface area contributed by atoms with Crippen molar-refractivity contribution < 1.29 is 9.53 Å². The summed E-state index contributed by atoms with van der Waals surface area (Å²) in [6, 6.07) is 11.0. The standard InChI is InChI=1S/C22H25N5O3/c1-2-30-22(29)16-8-9-20(23-14-16)27-11-5-10-26(12-13-27)15-19-24-18-7-4-3-6-17(18)21(28)25-19/h3-4,6-9,14H,2,5,10-13,15H2,1H3,(H,24,25,28). The minimum atomic E-state index is -0.351. The Morgan fingerprint density at radius 3 is 2.80 bits per heavy atom. The number of nitrogens with zero attached hydrogens (tertiary/aromatic N) is 4. The van der Waals surface area contributed by atoms with E-state index in [4.69, 9.17) is 4.74 Å². The molecule has 4 rings (SSSR count). The molecule has 1 saturated heterocycles. The van der Waals surface area contributed by atoms with E-state index >= 15 is 0 Å². The largest absolute Gasteiger partial charge is 0.462 e. The van der Waals surface area contributed by atoms with Gasteiger partial charge in [-0.2, -0.15) is 0 Å². The molecule has 0 aliphatic carbocycles. The summed E-state index contributed by atoms with van der Waals surface area (Å²) >= 11 is 0. The molecule has 8 heteroatoms. The van der Waals surface area contributed by atoms with Crippen molar-refractivity contribution in [3.05, 3.63) is 64.3 Å². The maximum Gasteiger partial charge on any atom is 0.339 e. The summed E-state index contributed by atoms with van der Waals surface area (Å²) in [5.74, 6) is 1.18. The Hall–Kier alpha value is -3.26. The average Bonchev–Trinajstić information content (AvgIpc) is 3.00. The van der Waals surface area contributed by atoms with Gasteiger partial charge in [-0.15, -0.1) is 0 Å². The lowest BCUT2D eigenvalue weighted by Crippen LogP contribution is -2.31. The van der Waals surface area contributed by atoms with E-state index in [2.05, 4.69) is 24.8 Å². The first-order valence-electron chi connectivity index (χ1n) is 10.2. The number of rotatable bonds is 5. The number of hydrogen-bond acceptors (Lipinski definition) is 7. The number of carbonyl (C=O) groups excluding carboxylic acids is 1. The number of fused-ring (bicyclic) bond motifs is 1. The third-order valence-corrected chi connectivity index (χ3v) is 5.21. The molecule has 3 aromatic rings. The fourth-order valence-electron chi connectivity index (χ4n) is 3.69. The molecule has 8 nitrogen and oxygen atoms in total. The third kappa shape index (κ3) is 4.49. The summed E-state index contributed by atoms with van der Waals surface area (Å²) in [5.41, 5.74) is 1.08. The molecule has 0 radical (unpaired) electrons. The van der Waals surface area contributed by atoms with Crippen LogP contribution in [0.2, 0.25) is 0 Å². The van der Waals surface area contributed by atoms with Crippen LogP contribution in [0.25, 0.3) is 10.9 Å². The van der Waals surface area contributed by atoms with E-state index in [-0.39, 0.29) is 11.5 Å². The van der Waals surface area contributed by atoms with E-state index < -0.39 is 0 Å². The maximum atomic E-state index is 12.3. The number of aromatic nitrogens is 3. The van der Waals surface area contributed by atoms with E-state index in [1.54, 1.807) is 25.3 Å². The molecule has 0 unspecified atom stereocenters. The van der Waals surface area contributed by atoms with Crippen molar-refractivity contribution in [1.82, 2.24) is 19.9 Å². The summed E-state index contributed by atoms with van der Waals surface area (Å²) in [4.78, 5) is 40.6. The van der Waals surface area contributed by atoms with Crippen LogP contribution < -0.4 is 10.5 Å². The summed E-state index contributed by atoms with van der Waals surface area (Å²) < 4.78 is 5.01. The number of aromatic amines is 1. The molecule has 30 heavy (non-hydrogen) atoms. The van der Waals surface area contributed by atoms with Gasteiger partial charge in [0.15, 0.2) is 0 Å². The van der Waals surface area contributed by atoms with E-state index in [1.807, 2.05) is 24.3 Å². The number of esters is 1. The van der Waals surface area contributed by atoms with Crippen molar-refractivity contribution in [1.29, 1.82) is 0 Å². The van der Waals surface area contributed by atoms with E-state index in [1.165, 1.54) is 0 Å². The molecule has 2 aromatic heterocycles. The highest BCUT2D eigenvalue weighted by atomic mass is 16.5. The minimum Gasteiger partial charge on any atom is -0.462 e. The van der Waals surface area contributed by atoms with Crippen LogP contribution in [0.15, 0.2) is 47.4 Å². The highest BCUT2D eigenvalue weighted by Crippen LogP contribution is 2.16. The Morgan fingerprint density at radius 2 is 2.00 bits per heavy atom. The molecule has 0 amide bonds. The number of nitrogens with one attached hydrogen (secondary N) is 1. The van der Waals surface area contributed by atoms with Crippen LogP contribution in [0.1, 0.15) is 29.5 Å². The van der Waals surface area contributed by atoms with E-state index in [0.29, 0.717) is 29.9 Å². The molecule has 0 saturated carbocycles. The fraction of sp³-hybridized carbons (Fsp3) is 0.364. The zero-order valence-electron chi connectivity index (χ0n) is 17.0. The molecular weight excluding hydrogens is 382 g/mol. The second-order valence-electron chi connectivity index (χ2n) is 7.27. The molecule has 1 N–H and O–H groups in total. The first kappa shape index (κ1) is 20.0. The number of para-hydroxylation sites is 1. The molecular formula is C22H25N5O3. The van der Waals surface area contributed by atoms with Crippen LogP contribution in [0.5, 0.6) is 0 Å². The van der Waals surface area contributed by atoms with Gasteiger partial charge in [-0.05, 0) is 37.6 Å². The highest BCUT2D eigenvalue weighted by molar-refractivity contribution is 5.89. The normalized spacial score (nSPS) is 15.2. The van der Waals surface area contributed by atoms with Crippen molar-refractivity contribution in [2.45, 2.75) is 19.9 Å². The highest BCUT2D eigenvalue weighted by Gasteiger charge is 2.18. The van der Waals surface area contributed by atoms with Gasteiger partial charge in [0.2, 0.25) is 0 Å². The first-order valence-corrected chi connectivity index (χ1v) is 10.2. The van der Waals surface area contributed by atoms with Crippen LogP contribution in [-0.4, -0.2) is 58.6 Å². The van der Waals surface area contributed by atoms with E-state index in [0.717, 1.165) is 43.9 Å². The van der Waals surface area contributed by atoms with Gasteiger partial charge in [0.05, 0.1) is 29.6 Å². The molecule has 0 spiro atoms. The lowest BCUT2D eigenvalue weighted by Gasteiger charge is -2.22.